The predicted molar refractivity (Wildman–Crippen MR) is 83.2 cm³/mol. The molecule has 1 aromatic carbocycles. The maximum atomic E-state index is 12.9. The molecule has 0 amide bonds. The molecule has 0 saturated carbocycles. The SMILES string of the molecule is Cc1ccccc1S(=O)(=O)C1(C#N)C=CC(C(=O)C=[N+]=[N-])=CC1. The molecule has 0 radical (unpaired) electrons. The molecule has 1 unspecified atom stereocenters. The van der Waals surface area contributed by atoms with Crippen LogP contribution in [-0.2, 0) is 14.6 Å². The maximum absolute atomic E-state index is 12.9. The molecule has 0 N–H and O–H groups in total. The highest BCUT2D eigenvalue weighted by atomic mass is 32.2. The summed E-state index contributed by atoms with van der Waals surface area (Å²) in [6.07, 6.45) is 4.41. The minimum Gasteiger partial charge on any atom is -0.361 e. The van der Waals surface area contributed by atoms with Crippen LogP contribution in [0.15, 0.2) is 53.0 Å². The maximum Gasteiger partial charge on any atom is 0.328 e. The minimum atomic E-state index is -3.95. The van der Waals surface area contributed by atoms with Gasteiger partial charge in [-0.25, -0.2) is 8.42 Å². The smallest absolute Gasteiger partial charge is 0.328 e. The number of Topliss-reactive ketones (excluding diaryl/α,β-unsaturated/α-hetero) is 1. The second kappa shape index (κ2) is 6.13. The summed E-state index contributed by atoms with van der Waals surface area (Å²) >= 11 is 0. The van der Waals surface area contributed by atoms with Crippen LogP contribution in [0.2, 0.25) is 0 Å². The minimum absolute atomic E-state index is 0.0892. The van der Waals surface area contributed by atoms with Crippen LogP contribution in [0.1, 0.15) is 12.0 Å². The summed E-state index contributed by atoms with van der Waals surface area (Å²) in [6, 6.07) is 8.29. The molecular weight excluding hydrogens is 314 g/mol. The molecule has 2 rings (SSSR count). The van der Waals surface area contributed by atoms with E-state index in [1.807, 2.05) is 6.07 Å². The molecule has 0 spiro atoms. The fraction of sp³-hybridized carbons (Fsp3) is 0.188. The van der Waals surface area contributed by atoms with Crippen LogP contribution < -0.4 is 0 Å². The molecule has 6 nitrogen and oxygen atoms in total. The Kier molecular flexibility index (Phi) is 4.41. The lowest BCUT2D eigenvalue weighted by atomic mass is 9.95. The molecule has 0 saturated heterocycles. The Morgan fingerprint density at radius 1 is 1.43 bits per heavy atom. The number of hydrogen-bond acceptors (Lipinski definition) is 4. The van der Waals surface area contributed by atoms with E-state index in [-0.39, 0.29) is 16.9 Å². The van der Waals surface area contributed by atoms with E-state index in [2.05, 4.69) is 4.79 Å². The number of nitriles is 1. The second-order valence-corrected chi connectivity index (χ2v) is 7.25. The summed E-state index contributed by atoms with van der Waals surface area (Å²) in [5.74, 6) is -0.566. The summed E-state index contributed by atoms with van der Waals surface area (Å²) in [6.45, 7) is 1.66. The normalized spacial score (nSPS) is 20.1. The summed E-state index contributed by atoms with van der Waals surface area (Å²) in [4.78, 5) is 14.3. The van der Waals surface area contributed by atoms with Gasteiger partial charge in [-0.1, -0.05) is 30.4 Å². The molecule has 0 bridgehead atoms. The number of carbonyl (C=O) groups excluding carboxylic acids is 1. The van der Waals surface area contributed by atoms with Gasteiger partial charge in [0.25, 0.3) is 5.78 Å². The van der Waals surface area contributed by atoms with Crippen LogP contribution in [-0.4, -0.2) is 30.0 Å². The standard InChI is InChI=1S/C16H13N3O3S/c1-12-4-2-3-5-15(12)23(21,22)16(11-17)8-6-13(7-9-16)14(20)10-19-18/h2-8,10H,9H2,1H3. The van der Waals surface area contributed by atoms with Crippen molar-refractivity contribution in [1.82, 2.24) is 0 Å². The van der Waals surface area contributed by atoms with Gasteiger partial charge in [0.2, 0.25) is 9.84 Å². The molecule has 0 aliphatic heterocycles. The molecular formula is C16H13N3O3S. The highest BCUT2D eigenvalue weighted by Crippen LogP contribution is 2.35. The van der Waals surface area contributed by atoms with Crippen LogP contribution >= 0.6 is 0 Å². The van der Waals surface area contributed by atoms with Gasteiger partial charge in [-0.2, -0.15) is 10.1 Å². The Balaban J connectivity index is 2.49. The van der Waals surface area contributed by atoms with E-state index >= 15 is 0 Å². The van der Waals surface area contributed by atoms with Gasteiger partial charge >= 0.3 is 6.21 Å². The number of ketones is 1. The van der Waals surface area contributed by atoms with E-state index < -0.39 is 20.4 Å². The van der Waals surface area contributed by atoms with Crippen LogP contribution in [0.4, 0.5) is 0 Å². The average Bonchev–Trinajstić information content (AvgIpc) is 2.55. The van der Waals surface area contributed by atoms with Crippen molar-refractivity contribution in [3.63, 3.8) is 0 Å². The third kappa shape index (κ3) is 2.78. The molecule has 116 valence electrons. The third-order valence-corrected chi connectivity index (χ3v) is 6.06. The van der Waals surface area contributed by atoms with Crippen molar-refractivity contribution >= 4 is 21.8 Å². The van der Waals surface area contributed by atoms with E-state index in [9.17, 15) is 18.5 Å². The zero-order valence-corrected chi connectivity index (χ0v) is 13.1. The van der Waals surface area contributed by atoms with Crippen molar-refractivity contribution in [2.45, 2.75) is 23.0 Å². The molecule has 7 heteroatoms. The van der Waals surface area contributed by atoms with E-state index in [1.54, 1.807) is 25.1 Å². The molecule has 23 heavy (non-hydrogen) atoms. The van der Waals surface area contributed by atoms with E-state index in [0.29, 0.717) is 11.8 Å². The number of nitrogens with zero attached hydrogens (tertiary/aromatic N) is 3. The number of benzene rings is 1. The number of allylic oxidation sites excluding steroid dienone is 3. The largest absolute Gasteiger partial charge is 0.361 e. The van der Waals surface area contributed by atoms with Crippen molar-refractivity contribution in [3.8, 4) is 6.07 Å². The third-order valence-electron chi connectivity index (χ3n) is 3.67. The first-order valence-corrected chi connectivity index (χ1v) is 8.19. The van der Waals surface area contributed by atoms with E-state index in [0.717, 1.165) is 0 Å². The first-order chi connectivity index (χ1) is 10.9. The fourth-order valence-corrected chi connectivity index (χ4v) is 4.14. The topological polar surface area (TPSA) is 111 Å². The number of carbonyl (C=O) groups is 1. The zero-order chi connectivity index (χ0) is 17.1. The molecule has 1 atom stereocenters. The van der Waals surface area contributed by atoms with Gasteiger partial charge in [-0.3, -0.25) is 4.79 Å². The first-order valence-electron chi connectivity index (χ1n) is 6.70. The van der Waals surface area contributed by atoms with E-state index in [1.165, 1.54) is 24.3 Å². The molecule has 1 aliphatic rings. The number of hydrogen-bond donors (Lipinski definition) is 0. The van der Waals surface area contributed by atoms with Gasteiger partial charge in [-0.05, 0) is 24.6 Å². The van der Waals surface area contributed by atoms with Crippen LogP contribution in [0.3, 0.4) is 0 Å². The fourth-order valence-electron chi connectivity index (χ4n) is 2.33. The Labute approximate surface area is 133 Å². The van der Waals surface area contributed by atoms with Gasteiger partial charge < -0.3 is 5.53 Å². The molecule has 1 aliphatic carbocycles. The highest BCUT2D eigenvalue weighted by molar-refractivity contribution is 7.93. The Morgan fingerprint density at radius 3 is 2.65 bits per heavy atom. The lowest BCUT2D eigenvalue weighted by Crippen LogP contribution is -2.36. The van der Waals surface area contributed by atoms with Crippen LogP contribution in [0.25, 0.3) is 5.53 Å². The summed E-state index contributed by atoms with van der Waals surface area (Å²) in [5, 5.41) is 9.50. The predicted octanol–water partition coefficient (Wildman–Crippen LogP) is 1.79. The lowest BCUT2D eigenvalue weighted by molar-refractivity contribution is -0.112. The summed E-state index contributed by atoms with van der Waals surface area (Å²) in [5.41, 5.74) is 9.10. The number of aryl methyl sites for hydroxylation is 1. The second-order valence-electron chi connectivity index (χ2n) is 5.08. The zero-order valence-electron chi connectivity index (χ0n) is 12.3. The van der Waals surface area contributed by atoms with Crippen molar-refractivity contribution in [3.05, 3.63) is 59.2 Å². The summed E-state index contributed by atoms with van der Waals surface area (Å²) in [7, 11) is -3.95. The van der Waals surface area contributed by atoms with Gasteiger partial charge in [0.05, 0.1) is 11.0 Å². The summed E-state index contributed by atoms with van der Waals surface area (Å²) < 4.78 is 24.1. The Hall–Kier alpha value is -2.81. The number of rotatable bonds is 4. The highest BCUT2D eigenvalue weighted by Gasteiger charge is 2.44. The van der Waals surface area contributed by atoms with Crippen molar-refractivity contribution in [1.29, 1.82) is 5.26 Å². The monoisotopic (exact) mass is 327 g/mol. The molecule has 1 aromatic rings. The Bertz CT molecular complexity index is 916. The lowest BCUT2D eigenvalue weighted by Gasteiger charge is -2.25. The van der Waals surface area contributed by atoms with Gasteiger partial charge in [-0.15, -0.1) is 0 Å². The van der Waals surface area contributed by atoms with Gasteiger partial charge in [0.1, 0.15) is 0 Å². The van der Waals surface area contributed by atoms with Gasteiger partial charge in [0, 0.05) is 12.0 Å². The van der Waals surface area contributed by atoms with Crippen LogP contribution in [0.5, 0.6) is 0 Å². The van der Waals surface area contributed by atoms with E-state index in [4.69, 9.17) is 5.53 Å². The first kappa shape index (κ1) is 16.6. The van der Waals surface area contributed by atoms with Crippen molar-refractivity contribution in [2.24, 2.45) is 0 Å². The quantitative estimate of drug-likeness (QED) is 0.476. The number of sulfone groups is 1. The van der Waals surface area contributed by atoms with Crippen molar-refractivity contribution < 1.29 is 18.0 Å². The molecule has 0 aromatic heterocycles. The molecule has 0 heterocycles. The van der Waals surface area contributed by atoms with Gasteiger partial charge in [0.15, 0.2) is 4.75 Å². The van der Waals surface area contributed by atoms with Crippen molar-refractivity contribution in [2.75, 3.05) is 0 Å². The molecule has 0 fully saturated rings. The Morgan fingerprint density at radius 2 is 2.13 bits per heavy atom. The average molecular weight is 327 g/mol. The van der Waals surface area contributed by atoms with Crippen LogP contribution in [0, 0.1) is 18.3 Å².